The summed E-state index contributed by atoms with van der Waals surface area (Å²) in [6, 6.07) is -24.7. The van der Waals surface area contributed by atoms with E-state index in [1.54, 1.807) is 0 Å². The lowest BCUT2D eigenvalue weighted by molar-refractivity contribution is 1.65. The third kappa shape index (κ3) is 3.47. The van der Waals surface area contributed by atoms with Crippen LogP contribution in [0.4, 0.5) is 0 Å². The van der Waals surface area contributed by atoms with Crippen LogP contribution in [0.2, 0.25) is 0 Å². The zero-order valence-corrected chi connectivity index (χ0v) is 20.0. The molecule has 0 fully saturated rings. The topological polar surface area (TPSA) is 0 Å². The molecule has 0 saturated heterocycles. The molecule has 40 heavy (non-hydrogen) atoms. The highest BCUT2D eigenvalue weighted by atomic mass is 14.2. The zero-order chi connectivity index (χ0) is 49.1. The summed E-state index contributed by atoms with van der Waals surface area (Å²) in [6.45, 7) is 0. The number of benzene rings is 8. The van der Waals surface area contributed by atoms with Gasteiger partial charge in [-0.1, -0.05) is 157 Å². The molecule has 0 nitrogen and oxygen atoms in total. The van der Waals surface area contributed by atoms with E-state index in [9.17, 15) is 11.0 Å². The van der Waals surface area contributed by atoms with E-state index >= 15 is 0 Å². The van der Waals surface area contributed by atoms with Crippen molar-refractivity contribution >= 4 is 43.1 Å². The van der Waals surface area contributed by atoms with Crippen LogP contribution in [0, 0.1) is 0 Å². The second kappa shape index (κ2) is 9.22. The molecule has 0 saturated carbocycles. The predicted molar refractivity (Wildman–Crippen MR) is 173 cm³/mol. The fourth-order valence-corrected chi connectivity index (χ4v) is 4.81. The van der Waals surface area contributed by atoms with Gasteiger partial charge in [-0.15, -0.1) is 0 Å². The average molecular weight is 533 g/mol. The van der Waals surface area contributed by atoms with Crippen LogP contribution < -0.4 is 0 Å². The van der Waals surface area contributed by atoms with Crippen molar-refractivity contribution < 1.29 is 35.6 Å². The highest BCUT2D eigenvalue weighted by Crippen LogP contribution is 2.46. The minimum Gasteiger partial charge on any atom is -0.0622 e. The second-order valence-corrected chi connectivity index (χ2v) is 8.50. The highest BCUT2D eigenvalue weighted by Gasteiger charge is 2.19. The fraction of sp³-hybridized carbons (Fsp3) is 0. The van der Waals surface area contributed by atoms with Gasteiger partial charge in [-0.3, -0.25) is 0 Å². The maximum atomic E-state index is 9.75. The quantitative estimate of drug-likeness (QED) is 0.198. The summed E-state index contributed by atoms with van der Waals surface area (Å²) in [5, 5.41) is -5.62. The first-order valence-electron chi connectivity index (χ1n) is 24.8. The van der Waals surface area contributed by atoms with Crippen LogP contribution in [-0.2, 0) is 0 Å². The SMILES string of the molecule is [2H]c1c([2H])c([2H])c(-c2c3c([2H])c([2H])c([2H])c([2H])c3c(-c3c([2H])c([2H])c(-c4c([2H])c([2H])c([2H])c5c([2H])c([2H])c([2H])c([2H])c45)c4c([2H])c([2H])c([2H])c([2H])c34)c3c([2H])c([2H])c([2H])c([2H])c23)c([2H])c1[2H]. The van der Waals surface area contributed by atoms with Crippen LogP contribution in [0.15, 0.2) is 157 Å². The van der Waals surface area contributed by atoms with Crippen LogP contribution >= 0.6 is 0 Å². The standard InChI is InChI=1S/C40H26/c1-2-14-28(15-3-1)39-34-20-8-10-22-36(34)40(37-23-11-9-21-35(37)39)38-26-25-33(31-18-6-7-19-32(31)38)30-24-12-16-27-13-4-5-17-29(27)30/h1-26H/i1D,2D,3D,4D,5D,6D,7D,8D,9D,10D,11D,12D,13D,14D,15D,16D,17D,18D,19D,20D,21D,22D,23D,24D,25D,26D. The van der Waals surface area contributed by atoms with E-state index < -0.39 is 234 Å². The first kappa shape index (κ1) is 8.65. The van der Waals surface area contributed by atoms with Crippen molar-refractivity contribution in [1.29, 1.82) is 0 Å². The molecule has 0 aliphatic rings. The summed E-state index contributed by atoms with van der Waals surface area (Å²) in [7, 11) is 0. The lowest BCUT2D eigenvalue weighted by Gasteiger charge is -2.20. The average Bonchev–Trinajstić information content (AvgIpc) is 3.29. The predicted octanol–water partition coefficient (Wildman–Crippen LogP) is 11.3. The summed E-state index contributed by atoms with van der Waals surface area (Å²) in [5.41, 5.74) is -4.45. The van der Waals surface area contributed by atoms with Gasteiger partial charge < -0.3 is 0 Å². The van der Waals surface area contributed by atoms with Gasteiger partial charge in [0.1, 0.15) is 0 Å². The molecule has 8 aromatic rings. The Morgan fingerprint density at radius 2 is 0.700 bits per heavy atom. The molecule has 8 aromatic carbocycles. The van der Waals surface area contributed by atoms with Gasteiger partial charge in [0, 0.05) is 0 Å². The zero-order valence-electron chi connectivity index (χ0n) is 46.0. The third-order valence-corrected chi connectivity index (χ3v) is 6.44. The Balaban J connectivity index is 1.80. The number of fused-ring (bicyclic) bond motifs is 4. The van der Waals surface area contributed by atoms with Crippen LogP contribution in [0.1, 0.15) is 35.6 Å². The van der Waals surface area contributed by atoms with Crippen LogP contribution in [0.5, 0.6) is 0 Å². The van der Waals surface area contributed by atoms with Crippen molar-refractivity contribution in [3.63, 3.8) is 0 Å². The normalized spacial score (nSPS) is 20.6. The first-order chi connectivity index (χ1) is 30.7. The van der Waals surface area contributed by atoms with E-state index in [4.69, 9.17) is 24.7 Å². The van der Waals surface area contributed by atoms with E-state index in [0.717, 1.165) is 0 Å². The van der Waals surface area contributed by atoms with E-state index in [2.05, 4.69) is 0 Å². The second-order valence-electron chi connectivity index (χ2n) is 8.50. The smallest absolute Gasteiger partial charge is 0.0622 e. The van der Waals surface area contributed by atoms with Crippen LogP contribution in [-0.4, -0.2) is 0 Å². The van der Waals surface area contributed by atoms with Crippen molar-refractivity contribution in [2.24, 2.45) is 0 Å². The van der Waals surface area contributed by atoms with Gasteiger partial charge in [-0.25, -0.2) is 0 Å². The van der Waals surface area contributed by atoms with Crippen LogP contribution in [0.3, 0.4) is 0 Å². The Morgan fingerprint density at radius 1 is 0.275 bits per heavy atom. The van der Waals surface area contributed by atoms with E-state index in [1.165, 1.54) is 0 Å². The molecule has 0 spiro atoms. The van der Waals surface area contributed by atoms with Gasteiger partial charge in [0.2, 0.25) is 0 Å². The summed E-state index contributed by atoms with van der Waals surface area (Å²) in [4.78, 5) is 0. The molecule has 0 aromatic heterocycles. The largest absolute Gasteiger partial charge is 0.0630 e. The third-order valence-electron chi connectivity index (χ3n) is 6.44. The summed E-state index contributed by atoms with van der Waals surface area (Å²) in [5.74, 6) is 0. The molecule has 0 atom stereocenters. The van der Waals surface area contributed by atoms with Gasteiger partial charge in [0.15, 0.2) is 0 Å². The molecule has 0 heterocycles. The summed E-state index contributed by atoms with van der Waals surface area (Å²) in [6.07, 6.45) is 0. The van der Waals surface area contributed by atoms with Crippen molar-refractivity contribution in [3.8, 4) is 33.4 Å². The number of rotatable bonds is 3. The Morgan fingerprint density at radius 3 is 1.35 bits per heavy atom. The van der Waals surface area contributed by atoms with Crippen molar-refractivity contribution in [1.82, 2.24) is 0 Å². The Kier molecular flexibility index (Phi) is 1.99. The van der Waals surface area contributed by atoms with Gasteiger partial charge >= 0.3 is 0 Å². The molecule has 8 rings (SSSR count). The molecule has 0 N–H and O–H groups in total. The van der Waals surface area contributed by atoms with E-state index in [0.29, 0.717) is 0 Å². The molecule has 0 amide bonds. The number of hydrogen-bond donors (Lipinski definition) is 0. The highest BCUT2D eigenvalue weighted by molar-refractivity contribution is 6.24. The van der Waals surface area contributed by atoms with Gasteiger partial charge in [-0.05, 0) is 76.5 Å². The van der Waals surface area contributed by atoms with Gasteiger partial charge in [0.05, 0.1) is 35.6 Å². The molecule has 0 aliphatic carbocycles. The van der Waals surface area contributed by atoms with Crippen molar-refractivity contribution in [2.45, 2.75) is 0 Å². The Labute approximate surface area is 270 Å². The van der Waals surface area contributed by atoms with Crippen molar-refractivity contribution in [2.75, 3.05) is 0 Å². The monoisotopic (exact) mass is 532 g/mol. The summed E-state index contributed by atoms with van der Waals surface area (Å²) >= 11 is 0. The van der Waals surface area contributed by atoms with Crippen LogP contribution in [0.25, 0.3) is 76.5 Å². The first-order valence-corrected chi connectivity index (χ1v) is 11.8. The van der Waals surface area contributed by atoms with E-state index in [-0.39, 0.29) is 0 Å². The minimum absolute atomic E-state index is 0.604. The van der Waals surface area contributed by atoms with E-state index in [1.807, 2.05) is 0 Å². The van der Waals surface area contributed by atoms with Crippen molar-refractivity contribution in [3.05, 3.63) is 157 Å². The molecule has 0 bridgehead atoms. The minimum atomic E-state index is -1.09. The van der Waals surface area contributed by atoms with Gasteiger partial charge in [-0.2, -0.15) is 0 Å². The maximum Gasteiger partial charge on any atom is 0.0630 e. The van der Waals surface area contributed by atoms with Gasteiger partial charge in [0.25, 0.3) is 0 Å². The molecule has 186 valence electrons. The molecular formula is C40H26. The molecular weight excluding hydrogens is 480 g/mol. The molecule has 0 radical (unpaired) electrons. The summed E-state index contributed by atoms with van der Waals surface area (Å²) < 4.78 is 231. The maximum absolute atomic E-state index is 9.75. The molecule has 0 aliphatic heterocycles. The number of hydrogen-bond acceptors (Lipinski definition) is 0. The Hall–Kier alpha value is -5.20. The lowest BCUT2D eigenvalue weighted by atomic mass is 9.83. The Bertz CT molecular complexity index is 3530. The fourth-order valence-electron chi connectivity index (χ4n) is 4.81. The molecule has 0 heteroatoms. The lowest BCUT2D eigenvalue weighted by Crippen LogP contribution is -1.92. The molecule has 0 unspecified atom stereocenters.